The summed E-state index contributed by atoms with van der Waals surface area (Å²) >= 11 is 7.68. The van der Waals surface area contributed by atoms with Crippen molar-refractivity contribution in [3.63, 3.8) is 0 Å². The molecule has 18 heavy (non-hydrogen) atoms. The molecule has 3 rings (SSSR count). The molecule has 1 atom stereocenters. The van der Waals surface area contributed by atoms with Crippen LogP contribution < -0.4 is 5.32 Å². The summed E-state index contributed by atoms with van der Waals surface area (Å²) in [6, 6.07) is 4.94. The quantitative estimate of drug-likeness (QED) is 0.915. The summed E-state index contributed by atoms with van der Waals surface area (Å²) < 4.78 is 0.903. The molecule has 0 saturated carbocycles. The van der Waals surface area contributed by atoms with Crippen LogP contribution in [0.15, 0.2) is 12.1 Å². The van der Waals surface area contributed by atoms with Gasteiger partial charge in [0.2, 0.25) is 0 Å². The topological polar surface area (TPSA) is 18.5 Å². The molecule has 0 amide bonds. The lowest BCUT2D eigenvalue weighted by Gasteiger charge is -2.37. The second-order valence-corrected chi connectivity index (χ2v) is 6.96. The number of hydrogen-bond acceptors (Lipinski definition) is 4. The smallest absolute Gasteiger partial charge is 0.0931 e. The van der Waals surface area contributed by atoms with Gasteiger partial charge in [-0.25, -0.2) is 0 Å². The van der Waals surface area contributed by atoms with E-state index in [1.54, 1.807) is 11.3 Å². The van der Waals surface area contributed by atoms with Crippen molar-refractivity contribution in [3.05, 3.63) is 21.3 Å². The highest BCUT2D eigenvalue weighted by Gasteiger charge is 2.25. The number of halogens is 1. The van der Waals surface area contributed by atoms with Gasteiger partial charge in [-0.05, 0) is 25.1 Å². The molecule has 3 heterocycles. The fraction of sp³-hybridized carbons (Fsp3) is 0.692. The van der Waals surface area contributed by atoms with Crippen molar-refractivity contribution in [3.8, 4) is 0 Å². The Hall–Kier alpha value is -0.130. The monoisotopic (exact) mass is 285 g/mol. The fourth-order valence-electron chi connectivity index (χ4n) is 2.89. The van der Waals surface area contributed by atoms with Crippen molar-refractivity contribution in [2.24, 2.45) is 0 Å². The minimum absolute atomic E-state index is 0.781. The van der Waals surface area contributed by atoms with Gasteiger partial charge in [0.15, 0.2) is 0 Å². The highest BCUT2D eigenvalue weighted by atomic mass is 35.5. The van der Waals surface area contributed by atoms with Crippen molar-refractivity contribution in [1.29, 1.82) is 0 Å². The predicted molar refractivity (Wildman–Crippen MR) is 77.5 cm³/mol. The first kappa shape index (κ1) is 12.9. The molecule has 1 aromatic heterocycles. The first-order valence-electron chi connectivity index (χ1n) is 6.72. The van der Waals surface area contributed by atoms with E-state index >= 15 is 0 Å². The summed E-state index contributed by atoms with van der Waals surface area (Å²) in [6.07, 6.45) is 1.32. The van der Waals surface area contributed by atoms with E-state index in [0.717, 1.165) is 16.9 Å². The number of rotatable bonds is 3. The Morgan fingerprint density at radius 2 is 2.11 bits per heavy atom. The lowest BCUT2D eigenvalue weighted by molar-refractivity contribution is 0.0988. The van der Waals surface area contributed by atoms with Gasteiger partial charge in [-0.2, -0.15) is 0 Å². The van der Waals surface area contributed by atoms with Crippen LogP contribution in [0.2, 0.25) is 4.34 Å². The van der Waals surface area contributed by atoms with E-state index < -0.39 is 0 Å². The Labute approximate surface area is 118 Å². The van der Waals surface area contributed by atoms with Crippen LogP contribution in [0.5, 0.6) is 0 Å². The molecule has 2 saturated heterocycles. The Morgan fingerprint density at radius 1 is 1.28 bits per heavy atom. The minimum Gasteiger partial charge on any atom is -0.315 e. The number of piperazine rings is 1. The first-order valence-corrected chi connectivity index (χ1v) is 7.92. The van der Waals surface area contributed by atoms with Crippen molar-refractivity contribution in [2.45, 2.75) is 19.0 Å². The van der Waals surface area contributed by atoms with Crippen LogP contribution in [-0.2, 0) is 6.54 Å². The largest absolute Gasteiger partial charge is 0.315 e. The van der Waals surface area contributed by atoms with Crippen LogP contribution in [0.4, 0.5) is 0 Å². The van der Waals surface area contributed by atoms with Gasteiger partial charge in [-0.15, -0.1) is 11.3 Å². The Bertz CT molecular complexity index is 381. The summed E-state index contributed by atoms with van der Waals surface area (Å²) in [6.45, 7) is 8.24. The molecule has 100 valence electrons. The summed E-state index contributed by atoms with van der Waals surface area (Å²) in [5.74, 6) is 0. The molecule has 0 spiro atoms. The van der Waals surface area contributed by atoms with E-state index in [1.807, 2.05) is 6.07 Å². The third-order valence-corrected chi connectivity index (χ3v) is 5.18. The van der Waals surface area contributed by atoms with Crippen LogP contribution in [0.25, 0.3) is 0 Å². The molecule has 2 aliphatic rings. The standard InChI is InChI=1S/C13H20ClN3S/c14-13-2-1-12(18-13)10-16-5-7-17(8-6-16)11-3-4-15-9-11/h1-2,11,15H,3-10H2. The number of nitrogens with one attached hydrogen (secondary N) is 1. The maximum absolute atomic E-state index is 5.97. The molecule has 0 radical (unpaired) electrons. The molecular formula is C13H20ClN3S. The average molecular weight is 286 g/mol. The summed E-state index contributed by atoms with van der Waals surface area (Å²) in [5.41, 5.74) is 0. The molecule has 2 aliphatic heterocycles. The highest BCUT2D eigenvalue weighted by molar-refractivity contribution is 7.16. The van der Waals surface area contributed by atoms with E-state index in [4.69, 9.17) is 11.6 Å². The van der Waals surface area contributed by atoms with Crippen LogP contribution >= 0.6 is 22.9 Å². The second kappa shape index (κ2) is 5.88. The third-order valence-electron chi connectivity index (χ3n) is 3.97. The molecule has 0 aliphatic carbocycles. The van der Waals surface area contributed by atoms with Gasteiger partial charge >= 0.3 is 0 Å². The van der Waals surface area contributed by atoms with E-state index in [2.05, 4.69) is 21.2 Å². The first-order chi connectivity index (χ1) is 8.81. The van der Waals surface area contributed by atoms with Gasteiger partial charge < -0.3 is 5.32 Å². The zero-order valence-corrected chi connectivity index (χ0v) is 12.1. The Kier molecular flexibility index (Phi) is 4.21. The molecule has 1 N–H and O–H groups in total. The molecule has 5 heteroatoms. The van der Waals surface area contributed by atoms with Gasteiger partial charge in [-0.3, -0.25) is 9.80 Å². The molecular weight excluding hydrogens is 266 g/mol. The summed E-state index contributed by atoms with van der Waals surface area (Å²) in [4.78, 5) is 6.58. The van der Waals surface area contributed by atoms with Crippen molar-refractivity contribution < 1.29 is 0 Å². The molecule has 1 aromatic rings. The van der Waals surface area contributed by atoms with Crippen LogP contribution in [0.1, 0.15) is 11.3 Å². The zero-order chi connectivity index (χ0) is 12.4. The number of thiophene rings is 1. The van der Waals surface area contributed by atoms with Gasteiger partial charge in [0.05, 0.1) is 4.34 Å². The number of hydrogen-bond donors (Lipinski definition) is 1. The van der Waals surface area contributed by atoms with Crippen molar-refractivity contribution in [1.82, 2.24) is 15.1 Å². The van der Waals surface area contributed by atoms with Gasteiger partial charge in [-0.1, -0.05) is 11.6 Å². The van der Waals surface area contributed by atoms with E-state index in [0.29, 0.717) is 0 Å². The maximum atomic E-state index is 5.97. The Balaban J connectivity index is 1.47. The van der Waals surface area contributed by atoms with Crippen LogP contribution in [-0.4, -0.2) is 55.1 Å². The van der Waals surface area contributed by atoms with Gasteiger partial charge in [0.1, 0.15) is 0 Å². The molecule has 2 fully saturated rings. The van der Waals surface area contributed by atoms with Gasteiger partial charge in [0, 0.05) is 50.2 Å². The molecule has 0 aromatic carbocycles. The van der Waals surface area contributed by atoms with Crippen molar-refractivity contribution in [2.75, 3.05) is 39.3 Å². The minimum atomic E-state index is 0.781. The maximum Gasteiger partial charge on any atom is 0.0931 e. The molecule has 0 bridgehead atoms. The highest BCUT2D eigenvalue weighted by Crippen LogP contribution is 2.23. The SMILES string of the molecule is Clc1ccc(CN2CCN(C3CCNC3)CC2)s1. The number of nitrogens with zero attached hydrogens (tertiary/aromatic N) is 2. The lowest BCUT2D eigenvalue weighted by Crippen LogP contribution is -2.50. The molecule has 1 unspecified atom stereocenters. The van der Waals surface area contributed by atoms with E-state index in [-0.39, 0.29) is 0 Å². The van der Waals surface area contributed by atoms with E-state index in [1.165, 1.54) is 50.6 Å². The lowest BCUT2D eigenvalue weighted by atomic mass is 10.2. The Morgan fingerprint density at radius 3 is 2.72 bits per heavy atom. The zero-order valence-electron chi connectivity index (χ0n) is 10.6. The third kappa shape index (κ3) is 3.06. The second-order valence-electron chi connectivity index (χ2n) is 5.16. The fourth-order valence-corrected chi connectivity index (χ4v) is 4.02. The molecule has 3 nitrogen and oxygen atoms in total. The predicted octanol–water partition coefficient (Wildman–Crippen LogP) is 1.88. The van der Waals surface area contributed by atoms with E-state index in [9.17, 15) is 0 Å². The summed E-state index contributed by atoms with van der Waals surface area (Å²) in [5, 5.41) is 3.46. The van der Waals surface area contributed by atoms with Crippen LogP contribution in [0.3, 0.4) is 0 Å². The summed E-state index contributed by atoms with van der Waals surface area (Å²) in [7, 11) is 0. The normalized spacial score (nSPS) is 26.8. The van der Waals surface area contributed by atoms with Crippen molar-refractivity contribution >= 4 is 22.9 Å². The average Bonchev–Trinajstić information content (AvgIpc) is 3.02. The van der Waals surface area contributed by atoms with Crippen LogP contribution in [0, 0.1) is 0 Å². The van der Waals surface area contributed by atoms with Gasteiger partial charge in [0.25, 0.3) is 0 Å².